The van der Waals surface area contributed by atoms with Crippen molar-refractivity contribution in [3.63, 3.8) is 0 Å². The molecule has 0 radical (unpaired) electrons. The summed E-state index contributed by atoms with van der Waals surface area (Å²) in [6.07, 6.45) is 0.722. The molecule has 118 valence electrons. The molecule has 4 nitrogen and oxygen atoms in total. The number of aryl methyl sites for hydroxylation is 1. The Kier molecular flexibility index (Phi) is 4.28. The van der Waals surface area contributed by atoms with E-state index in [0.29, 0.717) is 21.3 Å². The molecule has 0 unspecified atom stereocenters. The summed E-state index contributed by atoms with van der Waals surface area (Å²) in [5.41, 5.74) is 2.06. The van der Waals surface area contributed by atoms with Crippen LogP contribution in [0.5, 0.6) is 0 Å². The van der Waals surface area contributed by atoms with Gasteiger partial charge < -0.3 is 5.32 Å². The summed E-state index contributed by atoms with van der Waals surface area (Å²) < 4.78 is 0. The number of hydrogen-bond donors (Lipinski definition) is 1. The highest BCUT2D eigenvalue weighted by Gasteiger charge is 2.41. The number of para-hydroxylation sites is 1. The maximum Gasteiger partial charge on any atom is 0.329 e. The van der Waals surface area contributed by atoms with Crippen molar-refractivity contribution < 1.29 is 9.59 Å². The molecule has 1 saturated heterocycles. The summed E-state index contributed by atoms with van der Waals surface area (Å²) in [6.45, 7) is 1.98. The van der Waals surface area contributed by atoms with Gasteiger partial charge in [0.2, 0.25) is 0 Å². The number of rotatable bonds is 3. The summed E-state index contributed by atoms with van der Waals surface area (Å²) in [7, 11) is 0. The van der Waals surface area contributed by atoms with Crippen molar-refractivity contribution >= 4 is 40.8 Å². The van der Waals surface area contributed by atoms with Gasteiger partial charge in [0.15, 0.2) is 0 Å². The third kappa shape index (κ3) is 2.80. The maximum atomic E-state index is 12.8. The van der Waals surface area contributed by atoms with Gasteiger partial charge in [-0.25, -0.2) is 9.69 Å². The fourth-order valence-electron chi connectivity index (χ4n) is 2.68. The highest BCUT2D eigenvalue weighted by atomic mass is 35.5. The maximum absolute atomic E-state index is 12.8. The number of benzene rings is 2. The van der Waals surface area contributed by atoms with Crippen LogP contribution in [0.25, 0.3) is 0 Å². The monoisotopic (exact) mass is 348 g/mol. The van der Waals surface area contributed by atoms with E-state index in [1.54, 1.807) is 30.3 Å². The Morgan fingerprint density at radius 1 is 1.13 bits per heavy atom. The minimum Gasteiger partial charge on any atom is -0.321 e. The molecule has 2 aromatic rings. The highest BCUT2D eigenvalue weighted by molar-refractivity contribution is 6.35. The smallest absolute Gasteiger partial charge is 0.321 e. The molecule has 1 fully saturated rings. The van der Waals surface area contributed by atoms with Crippen LogP contribution in [-0.4, -0.2) is 11.9 Å². The van der Waals surface area contributed by atoms with E-state index in [1.165, 1.54) is 4.90 Å². The van der Waals surface area contributed by atoms with E-state index in [1.807, 2.05) is 19.1 Å². The molecule has 0 aliphatic carbocycles. The van der Waals surface area contributed by atoms with Gasteiger partial charge in [-0.15, -0.1) is 0 Å². The van der Waals surface area contributed by atoms with E-state index >= 15 is 0 Å². The number of carbonyl (C=O) groups is 2. The lowest BCUT2D eigenvalue weighted by Crippen LogP contribution is -2.31. The van der Waals surface area contributed by atoms with Crippen molar-refractivity contribution in [3.05, 3.63) is 63.6 Å². The van der Waals surface area contributed by atoms with E-state index in [-0.39, 0.29) is 5.91 Å². The molecule has 0 bridgehead atoms. The average molecular weight is 349 g/mol. The largest absolute Gasteiger partial charge is 0.329 e. The number of hydrogen-bond acceptors (Lipinski definition) is 2. The molecule has 1 N–H and O–H groups in total. The van der Waals surface area contributed by atoms with Crippen LogP contribution in [0.3, 0.4) is 0 Å². The summed E-state index contributed by atoms with van der Waals surface area (Å²) in [4.78, 5) is 26.3. The van der Waals surface area contributed by atoms with E-state index in [2.05, 4.69) is 5.32 Å². The van der Waals surface area contributed by atoms with E-state index < -0.39 is 12.1 Å². The van der Waals surface area contributed by atoms with Crippen LogP contribution >= 0.6 is 23.2 Å². The Morgan fingerprint density at radius 3 is 2.57 bits per heavy atom. The van der Waals surface area contributed by atoms with Gasteiger partial charge in [-0.3, -0.25) is 4.79 Å². The van der Waals surface area contributed by atoms with Crippen molar-refractivity contribution in [2.24, 2.45) is 0 Å². The molecule has 0 saturated carbocycles. The summed E-state index contributed by atoms with van der Waals surface area (Å²) >= 11 is 12.1. The molecule has 0 aromatic heterocycles. The van der Waals surface area contributed by atoms with Gasteiger partial charge in [0.1, 0.15) is 6.04 Å². The Bertz CT molecular complexity index is 792. The molecule has 1 atom stereocenters. The molecule has 1 heterocycles. The van der Waals surface area contributed by atoms with E-state index in [9.17, 15) is 9.59 Å². The molecule has 23 heavy (non-hydrogen) atoms. The predicted molar refractivity (Wildman–Crippen MR) is 91.0 cm³/mol. The first-order chi connectivity index (χ1) is 11.0. The van der Waals surface area contributed by atoms with Crippen LogP contribution < -0.4 is 10.2 Å². The second kappa shape index (κ2) is 6.22. The first kappa shape index (κ1) is 15.8. The summed E-state index contributed by atoms with van der Waals surface area (Å²) in [5.74, 6) is -0.347. The standard InChI is InChI=1S/C17H14Cl2N2O2/c1-2-10-5-3-4-6-14(10)21-16(22)15(20-17(21)23)12-8-7-11(18)9-13(12)19/h3-9,15H,2H2,1H3,(H,20,23)/t15-/m0/s1. The lowest BCUT2D eigenvalue weighted by molar-refractivity contribution is -0.118. The van der Waals surface area contributed by atoms with Gasteiger partial charge in [-0.2, -0.15) is 0 Å². The topological polar surface area (TPSA) is 49.4 Å². The molecule has 3 rings (SSSR count). The molecule has 0 spiro atoms. The summed E-state index contributed by atoms with van der Waals surface area (Å²) in [6, 6.07) is 10.9. The second-order valence-corrected chi connectivity index (χ2v) is 6.05. The number of halogens is 2. The van der Waals surface area contributed by atoms with Crippen LogP contribution in [0.15, 0.2) is 42.5 Å². The van der Waals surface area contributed by atoms with Crippen LogP contribution in [0.2, 0.25) is 10.0 Å². The first-order valence-corrected chi connectivity index (χ1v) is 7.96. The Hall–Kier alpha value is -2.04. The molecular formula is C17H14Cl2N2O2. The van der Waals surface area contributed by atoms with Gasteiger partial charge in [-0.05, 0) is 30.2 Å². The van der Waals surface area contributed by atoms with Crippen molar-refractivity contribution in [2.45, 2.75) is 19.4 Å². The average Bonchev–Trinajstić information content (AvgIpc) is 2.82. The van der Waals surface area contributed by atoms with Gasteiger partial charge >= 0.3 is 6.03 Å². The number of urea groups is 1. The molecule has 1 aliphatic rings. The Morgan fingerprint density at radius 2 is 1.87 bits per heavy atom. The SMILES string of the molecule is CCc1ccccc1N1C(=O)N[C@@H](c2ccc(Cl)cc2Cl)C1=O. The Balaban J connectivity index is 2.00. The number of carbonyl (C=O) groups excluding carboxylic acids is 2. The quantitative estimate of drug-likeness (QED) is 0.838. The van der Waals surface area contributed by atoms with Crippen LogP contribution in [0.4, 0.5) is 10.5 Å². The minimum absolute atomic E-state index is 0.347. The molecule has 1 aliphatic heterocycles. The zero-order valence-corrected chi connectivity index (χ0v) is 13.9. The lowest BCUT2D eigenvalue weighted by Gasteiger charge is -2.17. The molecule has 3 amide bonds. The number of imide groups is 1. The molecule has 6 heteroatoms. The predicted octanol–water partition coefficient (Wildman–Crippen LogP) is 4.35. The number of amides is 3. The van der Waals surface area contributed by atoms with Crippen molar-refractivity contribution in [2.75, 3.05) is 4.90 Å². The summed E-state index contributed by atoms with van der Waals surface area (Å²) in [5, 5.41) is 3.51. The number of nitrogens with zero attached hydrogens (tertiary/aromatic N) is 1. The zero-order chi connectivity index (χ0) is 16.6. The fraction of sp³-hybridized carbons (Fsp3) is 0.176. The van der Waals surface area contributed by atoms with Crippen LogP contribution in [0, 0.1) is 0 Å². The van der Waals surface area contributed by atoms with Gasteiger partial charge in [0.25, 0.3) is 5.91 Å². The molecule has 2 aromatic carbocycles. The van der Waals surface area contributed by atoms with E-state index in [0.717, 1.165) is 12.0 Å². The van der Waals surface area contributed by atoms with Crippen molar-refractivity contribution in [1.29, 1.82) is 0 Å². The first-order valence-electron chi connectivity index (χ1n) is 7.20. The van der Waals surface area contributed by atoms with Gasteiger partial charge in [-0.1, -0.05) is 54.4 Å². The third-order valence-electron chi connectivity index (χ3n) is 3.83. The normalized spacial score (nSPS) is 17.5. The van der Waals surface area contributed by atoms with E-state index in [4.69, 9.17) is 23.2 Å². The number of anilines is 1. The number of nitrogens with one attached hydrogen (secondary N) is 1. The van der Waals surface area contributed by atoms with Gasteiger partial charge in [0.05, 0.1) is 5.69 Å². The lowest BCUT2D eigenvalue weighted by atomic mass is 10.1. The second-order valence-electron chi connectivity index (χ2n) is 5.20. The van der Waals surface area contributed by atoms with Crippen molar-refractivity contribution in [3.8, 4) is 0 Å². The highest BCUT2D eigenvalue weighted by Crippen LogP contribution is 2.33. The minimum atomic E-state index is -0.808. The van der Waals surface area contributed by atoms with Crippen molar-refractivity contribution in [1.82, 2.24) is 5.32 Å². The Labute approximate surface area is 144 Å². The zero-order valence-electron chi connectivity index (χ0n) is 12.3. The third-order valence-corrected chi connectivity index (χ3v) is 4.39. The molecular weight excluding hydrogens is 335 g/mol. The van der Waals surface area contributed by atoms with Crippen LogP contribution in [-0.2, 0) is 11.2 Å². The fourth-order valence-corrected chi connectivity index (χ4v) is 3.20. The van der Waals surface area contributed by atoms with Crippen LogP contribution in [0.1, 0.15) is 24.1 Å². The van der Waals surface area contributed by atoms with Gasteiger partial charge in [0, 0.05) is 15.6 Å².